The number of hydrogen-bond acceptors (Lipinski definition) is 6. The van der Waals surface area contributed by atoms with Gasteiger partial charge in [0, 0.05) is 11.3 Å². The summed E-state index contributed by atoms with van der Waals surface area (Å²) in [6.45, 7) is 2.10. The van der Waals surface area contributed by atoms with Gasteiger partial charge in [0.2, 0.25) is 0 Å². The maximum absolute atomic E-state index is 12.5. The van der Waals surface area contributed by atoms with Crippen molar-refractivity contribution in [2.45, 2.75) is 19.8 Å². The number of ether oxygens (including phenoxy) is 3. The highest BCUT2D eigenvalue weighted by Gasteiger charge is 2.13. The highest BCUT2D eigenvalue weighted by Crippen LogP contribution is 2.28. The number of carbonyl (C=O) groups is 3. The number of hydrogen-bond donors (Lipinski definition) is 2. The molecule has 0 aliphatic heterocycles. The Hall–Kier alpha value is -3.55. The van der Waals surface area contributed by atoms with E-state index >= 15 is 0 Å². The second-order valence-corrected chi connectivity index (χ2v) is 6.14. The van der Waals surface area contributed by atoms with E-state index in [2.05, 4.69) is 5.32 Å². The van der Waals surface area contributed by atoms with Crippen LogP contribution in [0, 0.1) is 0 Å². The molecular weight excluding hydrogens is 376 g/mol. The molecule has 0 fully saturated rings. The third kappa shape index (κ3) is 6.53. The summed E-state index contributed by atoms with van der Waals surface area (Å²) >= 11 is 0. The molecule has 0 bridgehead atoms. The number of esters is 1. The van der Waals surface area contributed by atoms with Gasteiger partial charge in [-0.3, -0.25) is 9.59 Å². The molecule has 0 heterocycles. The third-order valence-corrected chi connectivity index (χ3v) is 3.91. The Labute approximate surface area is 168 Å². The van der Waals surface area contributed by atoms with Crippen LogP contribution in [0.2, 0.25) is 0 Å². The summed E-state index contributed by atoms with van der Waals surface area (Å²) in [7, 11) is 1.42. The average Bonchev–Trinajstić information content (AvgIpc) is 2.72. The van der Waals surface area contributed by atoms with Gasteiger partial charge < -0.3 is 25.3 Å². The predicted molar refractivity (Wildman–Crippen MR) is 107 cm³/mol. The van der Waals surface area contributed by atoms with Gasteiger partial charge in [-0.05, 0) is 48.9 Å². The summed E-state index contributed by atoms with van der Waals surface area (Å²) in [4.78, 5) is 35.2. The molecule has 0 saturated carbocycles. The Balaban J connectivity index is 2.02. The topological polar surface area (TPSA) is 117 Å². The van der Waals surface area contributed by atoms with Crippen molar-refractivity contribution in [3.63, 3.8) is 0 Å². The lowest BCUT2D eigenvalue weighted by Gasteiger charge is -2.11. The Morgan fingerprint density at radius 1 is 1.00 bits per heavy atom. The minimum Gasteiger partial charge on any atom is -0.493 e. The van der Waals surface area contributed by atoms with Crippen LogP contribution in [-0.4, -0.2) is 38.1 Å². The van der Waals surface area contributed by atoms with E-state index in [-0.39, 0.29) is 12.5 Å². The van der Waals surface area contributed by atoms with E-state index in [9.17, 15) is 14.4 Å². The van der Waals surface area contributed by atoms with Crippen molar-refractivity contribution in [1.29, 1.82) is 0 Å². The van der Waals surface area contributed by atoms with Gasteiger partial charge >= 0.3 is 5.97 Å². The second kappa shape index (κ2) is 10.7. The van der Waals surface area contributed by atoms with Gasteiger partial charge in [0.15, 0.2) is 18.1 Å². The van der Waals surface area contributed by atoms with E-state index in [1.807, 2.05) is 6.92 Å². The summed E-state index contributed by atoms with van der Waals surface area (Å²) < 4.78 is 15.6. The minimum absolute atomic E-state index is 0.295. The SMILES string of the molecule is CCCCOC(=O)c1ccc(NC(=O)c2ccc(OCC(N)=O)c(OC)c2)cc1. The Morgan fingerprint density at radius 3 is 2.31 bits per heavy atom. The van der Waals surface area contributed by atoms with Crippen LogP contribution in [0.3, 0.4) is 0 Å². The smallest absolute Gasteiger partial charge is 0.338 e. The molecule has 0 atom stereocenters. The molecule has 154 valence electrons. The highest BCUT2D eigenvalue weighted by molar-refractivity contribution is 6.05. The quantitative estimate of drug-likeness (QED) is 0.468. The fourth-order valence-electron chi connectivity index (χ4n) is 2.36. The molecule has 0 unspecified atom stereocenters. The molecule has 0 aliphatic carbocycles. The first-order valence-corrected chi connectivity index (χ1v) is 9.12. The number of amides is 2. The highest BCUT2D eigenvalue weighted by atomic mass is 16.5. The molecule has 0 aromatic heterocycles. The van der Waals surface area contributed by atoms with Crippen molar-refractivity contribution < 1.29 is 28.6 Å². The van der Waals surface area contributed by atoms with Crippen LogP contribution < -0.4 is 20.5 Å². The number of methoxy groups -OCH3 is 1. The van der Waals surface area contributed by atoms with Crippen molar-refractivity contribution in [2.24, 2.45) is 5.73 Å². The predicted octanol–water partition coefficient (Wildman–Crippen LogP) is 2.77. The van der Waals surface area contributed by atoms with E-state index in [0.717, 1.165) is 12.8 Å². The van der Waals surface area contributed by atoms with E-state index in [4.69, 9.17) is 19.9 Å². The van der Waals surface area contributed by atoms with Crippen molar-refractivity contribution in [3.8, 4) is 11.5 Å². The zero-order valence-electron chi connectivity index (χ0n) is 16.4. The van der Waals surface area contributed by atoms with Crippen LogP contribution in [0.1, 0.15) is 40.5 Å². The monoisotopic (exact) mass is 400 g/mol. The van der Waals surface area contributed by atoms with Gasteiger partial charge in [-0.15, -0.1) is 0 Å². The first-order chi connectivity index (χ1) is 13.9. The largest absolute Gasteiger partial charge is 0.493 e. The van der Waals surface area contributed by atoms with Crippen molar-refractivity contribution in [3.05, 3.63) is 53.6 Å². The number of carbonyl (C=O) groups excluding carboxylic acids is 3. The van der Waals surface area contributed by atoms with Crippen molar-refractivity contribution in [2.75, 3.05) is 25.6 Å². The second-order valence-electron chi connectivity index (χ2n) is 6.14. The number of rotatable bonds is 10. The molecule has 0 saturated heterocycles. The fourth-order valence-corrected chi connectivity index (χ4v) is 2.36. The first-order valence-electron chi connectivity index (χ1n) is 9.12. The van der Waals surface area contributed by atoms with Crippen molar-refractivity contribution in [1.82, 2.24) is 0 Å². The molecule has 2 amide bonds. The van der Waals surface area contributed by atoms with Crippen LogP contribution >= 0.6 is 0 Å². The van der Waals surface area contributed by atoms with E-state index < -0.39 is 11.9 Å². The molecule has 0 radical (unpaired) electrons. The van der Waals surface area contributed by atoms with E-state index in [0.29, 0.717) is 34.9 Å². The number of benzene rings is 2. The molecule has 2 rings (SSSR count). The maximum atomic E-state index is 12.5. The van der Waals surface area contributed by atoms with Gasteiger partial charge in [0.05, 0.1) is 19.3 Å². The minimum atomic E-state index is -0.619. The number of nitrogens with one attached hydrogen (secondary N) is 1. The summed E-state index contributed by atoms with van der Waals surface area (Å²) in [5.74, 6) is -0.792. The number of nitrogens with two attached hydrogens (primary N) is 1. The molecule has 0 aliphatic rings. The van der Waals surface area contributed by atoms with E-state index in [1.54, 1.807) is 24.3 Å². The van der Waals surface area contributed by atoms with Gasteiger partial charge in [-0.2, -0.15) is 0 Å². The van der Waals surface area contributed by atoms with Crippen LogP contribution in [0.25, 0.3) is 0 Å². The summed E-state index contributed by atoms with van der Waals surface area (Å²) in [6.07, 6.45) is 1.76. The van der Waals surface area contributed by atoms with Crippen molar-refractivity contribution >= 4 is 23.5 Å². The average molecular weight is 400 g/mol. The zero-order valence-corrected chi connectivity index (χ0v) is 16.4. The first kappa shape index (κ1) is 21.7. The summed E-state index contributed by atoms with van der Waals surface area (Å²) in [5, 5.41) is 2.74. The molecule has 8 nitrogen and oxygen atoms in total. The lowest BCUT2D eigenvalue weighted by atomic mass is 10.1. The van der Waals surface area contributed by atoms with Crippen LogP contribution in [0.5, 0.6) is 11.5 Å². The molecule has 8 heteroatoms. The molecule has 3 N–H and O–H groups in total. The lowest BCUT2D eigenvalue weighted by Crippen LogP contribution is -2.20. The van der Waals surface area contributed by atoms with Gasteiger partial charge in [-0.1, -0.05) is 13.3 Å². The van der Waals surface area contributed by atoms with Crippen LogP contribution in [0.15, 0.2) is 42.5 Å². The molecule has 2 aromatic carbocycles. The number of anilines is 1. The van der Waals surface area contributed by atoms with Gasteiger partial charge in [0.25, 0.3) is 11.8 Å². The number of primary amides is 1. The van der Waals surface area contributed by atoms with Crippen LogP contribution in [-0.2, 0) is 9.53 Å². The van der Waals surface area contributed by atoms with E-state index in [1.165, 1.54) is 25.3 Å². The van der Waals surface area contributed by atoms with Crippen LogP contribution in [0.4, 0.5) is 5.69 Å². The normalized spacial score (nSPS) is 10.1. The molecule has 2 aromatic rings. The Morgan fingerprint density at radius 2 is 1.69 bits per heavy atom. The van der Waals surface area contributed by atoms with Gasteiger partial charge in [-0.25, -0.2) is 4.79 Å². The number of unbranched alkanes of at least 4 members (excludes halogenated alkanes) is 1. The zero-order chi connectivity index (χ0) is 21.2. The lowest BCUT2D eigenvalue weighted by molar-refractivity contribution is -0.119. The fraction of sp³-hybridized carbons (Fsp3) is 0.286. The molecule has 29 heavy (non-hydrogen) atoms. The Kier molecular flexibility index (Phi) is 8.02. The maximum Gasteiger partial charge on any atom is 0.338 e. The molecular formula is C21H24N2O6. The third-order valence-electron chi connectivity index (χ3n) is 3.91. The van der Waals surface area contributed by atoms with Gasteiger partial charge in [0.1, 0.15) is 0 Å². The summed E-state index contributed by atoms with van der Waals surface area (Å²) in [5.41, 5.74) is 6.32. The standard InChI is InChI=1S/C21H24N2O6/c1-3-4-11-28-21(26)14-5-8-16(9-6-14)23-20(25)15-7-10-17(18(12-15)27-2)29-13-19(22)24/h5-10,12H,3-4,11,13H2,1-2H3,(H2,22,24)(H,23,25). The molecule has 0 spiro atoms. The summed E-state index contributed by atoms with van der Waals surface area (Å²) in [6, 6.07) is 11.0. The Bertz CT molecular complexity index is 864.